The van der Waals surface area contributed by atoms with Crippen LogP contribution < -0.4 is 5.73 Å². The van der Waals surface area contributed by atoms with Crippen molar-refractivity contribution in [3.63, 3.8) is 0 Å². The van der Waals surface area contributed by atoms with Gasteiger partial charge in [-0.15, -0.1) is 0 Å². The summed E-state index contributed by atoms with van der Waals surface area (Å²) >= 11 is 0. The minimum absolute atomic E-state index is 0. The van der Waals surface area contributed by atoms with E-state index in [-0.39, 0.29) is 12.1 Å². The van der Waals surface area contributed by atoms with Crippen LogP contribution in [0.15, 0.2) is 0 Å². The van der Waals surface area contributed by atoms with E-state index in [1.54, 1.807) is 6.92 Å². The molecule has 0 aromatic carbocycles. The zero-order valence-electron chi connectivity index (χ0n) is 6.23. The number of rotatable bonds is 0. The monoisotopic (exact) mass is 119 g/mol. The highest BCUT2D eigenvalue weighted by atomic mass is 16.2. The van der Waals surface area contributed by atoms with Gasteiger partial charge >= 0.3 is 0 Å². The maximum absolute atomic E-state index is 7.57. The Kier molecular flexibility index (Phi) is 6.85. The molecule has 2 nitrogen and oxygen atoms in total. The molecule has 3 N–H and O–H groups in total. The van der Waals surface area contributed by atoms with Crippen molar-refractivity contribution < 1.29 is 5.11 Å². The van der Waals surface area contributed by atoms with Crippen molar-refractivity contribution in [3.05, 3.63) is 0 Å². The van der Waals surface area contributed by atoms with Crippen LogP contribution in [0, 0.1) is 0 Å². The molecule has 0 amide bonds. The molecule has 0 rings (SSSR count). The molecule has 2 heteroatoms. The molecule has 0 unspecified atom stereocenters. The van der Waals surface area contributed by atoms with E-state index in [0.717, 1.165) is 0 Å². The van der Waals surface area contributed by atoms with Crippen LogP contribution >= 0.6 is 0 Å². The third-order valence-corrected chi connectivity index (χ3v) is 0. The second kappa shape index (κ2) is 5.06. The van der Waals surface area contributed by atoms with Crippen molar-refractivity contribution >= 4 is 0 Å². The lowest BCUT2D eigenvalue weighted by Gasteiger charge is -2.06. The third kappa shape index (κ3) is 22400. The summed E-state index contributed by atoms with van der Waals surface area (Å²) in [5.74, 6) is 0. The Labute approximate surface area is 51.7 Å². The molecule has 0 heterocycles. The van der Waals surface area contributed by atoms with Crippen LogP contribution in [-0.4, -0.2) is 17.3 Å². The van der Waals surface area contributed by atoms with E-state index in [0.29, 0.717) is 0 Å². The van der Waals surface area contributed by atoms with Gasteiger partial charge in [-0.25, -0.2) is 0 Å². The standard InChI is InChI=1S/C4H11N.C2H6O/c1-4(2,3)5;1-2-3/h5H2,1-3H3;3H,2H2,1H3. The van der Waals surface area contributed by atoms with E-state index >= 15 is 0 Å². The van der Waals surface area contributed by atoms with Crippen molar-refractivity contribution in [1.29, 1.82) is 0 Å². The van der Waals surface area contributed by atoms with Crippen molar-refractivity contribution in [1.82, 2.24) is 0 Å². The number of aliphatic hydroxyl groups is 1. The first-order valence-electron chi connectivity index (χ1n) is 2.81. The highest BCUT2D eigenvalue weighted by molar-refractivity contribution is 4.60. The van der Waals surface area contributed by atoms with Gasteiger partial charge in [0.25, 0.3) is 0 Å². The number of nitrogens with two attached hydrogens (primary N) is 1. The Bertz CT molecular complexity index is 32.3. The van der Waals surface area contributed by atoms with E-state index in [1.807, 2.05) is 20.8 Å². The van der Waals surface area contributed by atoms with Gasteiger partial charge in [-0.1, -0.05) is 0 Å². The zero-order valence-corrected chi connectivity index (χ0v) is 6.23. The van der Waals surface area contributed by atoms with E-state index in [4.69, 9.17) is 10.8 Å². The fraction of sp³-hybridized carbons (Fsp3) is 1.00. The van der Waals surface area contributed by atoms with Gasteiger partial charge in [0, 0.05) is 12.1 Å². The van der Waals surface area contributed by atoms with Crippen molar-refractivity contribution in [2.45, 2.75) is 33.2 Å². The molecule has 52 valence electrons. The normalized spacial score (nSPS) is 9.75. The predicted octanol–water partition coefficient (Wildman–Crippen LogP) is 0.742. The summed E-state index contributed by atoms with van der Waals surface area (Å²) in [5.41, 5.74) is 5.35. The molecule has 0 bridgehead atoms. The van der Waals surface area contributed by atoms with Gasteiger partial charge in [0.2, 0.25) is 0 Å². The first-order chi connectivity index (χ1) is 3.41. The molecule has 0 aromatic heterocycles. The van der Waals surface area contributed by atoms with Gasteiger partial charge in [-0.3, -0.25) is 0 Å². The fourth-order valence-corrected chi connectivity index (χ4v) is 0. The molecule has 0 aliphatic carbocycles. The minimum atomic E-state index is 0. The lowest BCUT2D eigenvalue weighted by atomic mass is 10.1. The van der Waals surface area contributed by atoms with Crippen molar-refractivity contribution in [2.24, 2.45) is 5.73 Å². The molecule has 0 fully saturated rings. The molecular weight excluding hydrogens is 102 g/mol. The molecule has 0 spiro atoms. The first kappa shape index (κ1) is 10.8. The second-order valence-corrected chi connectivity index (χ2v) is 2.68. The van der Waals surface area contributed by atoms with E-state index in [9.17, 15) is 0 Å². The van der Waals surface area contributed by atoms with E-state index in [2.05, 4.69) is 0 Å². The number of hydrogen-bond donors (Lipinski definition) is 2. The summed E-state index contributed by atoms with van der Waals surface area (Å²) in [6.07, 6.45) is 0. The Balaban J connectivity index is 0. The topological polar surface area (TPSA) is 46.2 Å². The molecular formula is C6H17NO. The Morgan fingerprint density at radius 3 is 1.38 bits per heavy atom. The molecule has 0 aliphatic heterocycles. The summed E-state index contributed by atoms with van der Waals surface area (Å²) in [6.45, 7) is 7.83. The molecule has 0 saturated heterocycles. The molecule has 0 atom stereocenters. The van der Waals surface area contributed by atoms with Gasteiger partial charge in [0.05, 0.1) is 0 Å². The largest absolute Gasteiger partial charge is 0.397 e. The maximum Gasteiger partial charge on any atom is 0.0402 e. The van der Waals surface area contributed by atoms with Crippen molar-refractivity contribution in [3.8, 4) is 0 Å². The van der Waals surface area contributed by atoms with Crippen LogP contribution in [-0.2, 0) is 0 Å². The second-order valence-electron chi connectivity index (χ2n) is 2.68. The summed E-state index contributed by atoms with van der Waals surface area (Å²) in [4.78, 5) is 0. The molecule has 0 radical (unpaired) electrons. The van der Waals surface area contributed by atoms with Gasteiger partial charge < -0.3 is 10.8 Å². The average Bonchev–Trinajstić information content (AvgIpc) is 1.27. The lowest BCUT2D eigenvalue weighted by Crippen LogP contribution is -2.26. The lowest BCUT2D eigenvalue weighted by molar-refractivity contribution is 0.318. The van der Waals surface area contributed by atoms with E-state index in [1.165, 1.54) is 0 Å². The SMILES string of the molecule is CC(C)(C)N.CCO. The minimum Gasteiger partial charge on any atom is -0.397 e. The van der Waals surface area contributed by atoms with Gasteiger partial charge in [-0.05, 0) is 27.7 Å². The zero-order chi connectivity index (χ0) is 7.21. The van der Waals surface area contributed by atoms with Crippen LogP contribution in [0.4, 0.5) is 0 Å². The average molecular weight is 119 g/mol. The predicted molar refractivity (Wildman–Crippen MR) is 36.7 cm³/mol. The van der Waals surface area contributed by atoms with Gasteiger partial charge in [0.15, 0.2) is 0 Å². The van der Waals surface area contributed by atoms with Crippen molar-refractivity contribution in [2.75, 3.05) is 6.61 Å². The Morgan fingerprint density at radius 2 is 1.38 bits per heavy atom. The number of hydrogen-bond acceptors (Lipinski definition) is 2. The van der Waals surface area contributed by atoms with Gasteiger partial charge in [0.1, 0.15) is 0 Å². The summed E-state index contributed by atoms with van der Waals surface area (Å²) in [6, 6.07) is 0. The van der Waals surface area contributed by atoms with Crippen LogP contribution in [0.1, 0.15) is 27.7 Å². The highest BCUT2D eigenvalue weighted by Gasteiger charge is 1.95. The molecule has 0 saturated carbocycles. The summed E-state index contributed by atoms with van der Waals surface area (Å²) in [5, 5.41) is 7.57. The molecule has 0 aromatic rings. The summed E-state index contributed by atoms with van der Waals surface area (Å²) < 4.78 is 0. The highest BCUT2D eigenvalue weighted by Crippen LogP contribution is 1.88. The third-order valence-electron chi connectivity index (χ3n) is 0. The Hall–Kier alpha value is -0.0800. The van der Waals surface area contributed by atoms with E-state index < -0.39 is 0 Å². The number of aliphatic hydroxyl groups excluding tert-OH is 1. The smallest absolute Gasteiger partial charge is 0.0402 e. The maximum atomic E-state index is 7.57. The van der Waals surface area contributed by atoms with Gasteiger partial charge in [-0.2, -0.15) is 0 Å². The fourth-order valence-electron chi connectivity index (χ4n) is 0. The summed E-state index contributed by atoms with van der Waals surface area (Å²) in [7, 11) is 0. The van der Waals surface area contributed by atoms with Crippen LogP contribution in [0.5, 0.6) is 0 Å². The van der Waals surface area contributed by atoms with Crippen LogP contribution in [0.25, 0.3) is 0 Å². The Morgan fingerprint density at radius 1 is 1.38 bits per heavy atom. The van der Waals surface area contributed by atoms with Crippen LogP contribution in [0.2, 0.25) is 0 Å². The molecule has 8 heavy (non-hydrogen) atoms. The first-order valence-corrected chi connectivity index (χ1v) is 2.81. The molecule has 0 aliphatic rings. The van der Waals surface area contributed by atoms with Crippen LogP contribution in [0.3, 0.4) is 0 Å². The quantitative estimate of drug-likeness (QED) is 0.494.